The number of nitrogens with one attached hydrogen (secondary N) is 1. The first kappa shape index (κ1) is 15.5. The van der Waals surface area contributed by atoms with Crippen LogP contribution in [0.2, 0.25) is 0 Å². The van der Waals surface area contributed by atoms with E-state index in [4.69, 9.17) is 0 Å². The van der Waals surface area contributed by atoms with E-state index in [1.54, 1.807) is 0 Å². The third-order valence-corrected chi connectivity index (χ3v) is 3.84. The molecule has 0 saturated heterocycles. The number of aromatic nitrogens is 2. The smallest absolute Gasteiger partial charge is 0.369 e. The second-order valence-electron chi connectivity index (χ2n) is 5.00. The lowest BCUT2D eigenvalue weighted by atomic mass is 10.2. The SMILES string of the molecule is CCCNc1nc(CCC(F)(F)F)nc(C2CC2)c1Br. The van der Waals surface area contributed by atoms with Gasteiger partial charge in [0.2, 0.25) is 0 Å². The van der Waals surface area contributed by atoms with Gasteiger partial charge < -0.3 is 5.32 Å². The molecular formula is C13H17BrF3N3. The lowest BCUT2D eigenvalue weighted by Crippen LogP contribution is -2.13. The monoisotopic (exact) mass is 351 g/mol. The summed E-state index contributed by atoms with van der Waals surface area (Å²) in [6.07, 6.45) is -2.22. The van der Waals surface area contributed by atoms with Crippen molar-refractivity contribution in [3.05, 3.63) is 16.0 Å². The fourth-order valence-corrected chi connectivity index (χ4v) is 2.51. The second kappa shape index (κ2) is 6.28. The first-order valence-corrected chi connectivity index (χ1v) is 7.57. The number of aryl methyl sites for hydroxylation is 1. The summed E-state index contributed by atoms with van der Waals surface area (Å²) in [7, 11) is 0. The van der Waals surface area contributed by atoms with Crippen molar-refractivity contribution in [2.24, 2.45) is 0 Å². The molecule has 0 aliphatic heterocycles. The van der Waals surface area contributed by atoms with Gasteiger partial charge in [-0.25, -0.2) is 9.97 Å². The molecule has 1 aliphatic rings. The van der Waals surface area contributed by atoms with E-state index >= 15 is 0 Å². The quantitative estimate of drug-likeness (QED) is 0.823. The summed E-state index contributed by atoms with van der Waals surface area (Å²) in [5.41, 5.74) is 0.843. The average Bonchev–Trinajstić information content (AvgIpc) is 3.19. The highest BCUT2D eigenvalue weighted by Gasteiger charge is 2.31. The summed E-state index contributed by atoms with van der Waals surface area (Å²) in [6, 6.07) is 0. The molecule has 7 heteroatoms. The molecule has 0 bridgehead atoms. The first-order valence-electron chi connectivity index (χ1n) is 6.77. The van der Waals surface area contributed by atoms with Crippen LogP contribution in [0, 0.1) is 0 Å². The van der Waals surface area contributed by atoms with Gasteiger partial charge in [0.15, 0.2) is 0 Å². The normalized spacial score (nSPS) is 15.4. The van der Waals surface area contributed by atoms with Crippen molar-refractivity contribution >= 4 is 21.7 Å². The molecule has 2 rings (SSSR count). The summed E-state index contributed by atoms with van der Waals surface area (Å²) in [4.78, 5) is 8.52. The molecule has 0 unspecified atom stereocenters. The topological polar surface area (TPSA) is 37.8 Å². The maximum absolute atomic E-state index is 12.3. The van der Waals surface area contributed by atoms with Gasteiger partial charge in [-0.2, -0.15) is 13.2 Å². The van der Waals surface area contributed by atoms with E-state index in [9.17, 15) is 13.2 Å². The van der Waals surface area contributed by atoms with E-state index < -0.39 is 12.6 Å². The number of hydrogen-bond acceptors (Lipinski definition) is 3. The van der Waals surface area contributed by atoms with Crippen LogP contribution in [0.5, 0.6) is 0 Å². The highest BCUT2D eigenvalue weighted by molar-refractivity contribution is 9.10. The van der Waals surface area contributed by atoms with E-state index in [1.165, 1.54) is 0 Å². The molecule has 112 valence electrons. The molecule has 0 atom stereocenters. The number of halogens is 4. The van der Waals surface area contributed by atoms with Crippen LogP contribution in [-0.4, -0.2) is 22.7 Å². The summed E-state index contributed by atoms with van der Waals surface area (Å²) >= 11 is 3.47. The molecule has 1 N–H and O–H groups in total. The van der Waals surface area contributed by atoms with Crippen molar-refractivity contribution in [3.8, 4) is 0 Å². The molecule has 0 aromatic carbocycles. The molecule has 1 aliphatic carbocycles. The summed E-state index contributed by atoms with van der Waals surface area (Å²) < 4.78 is 37.7. The van der Waals surface area contributed by atoms with Crippen LogP contribution in [0.25, 0.3) is 0 Å². The van der Waals surface area contributed by atoms with E-state index in [-0.39, 0.29) is 12.2 Å². The predicted molar refractivity (Wildman–Crippen MR) is 74.9 cm³/mol. The summed E-state index contributed by atoms with van der Waals surface area (Å²) in [5, 5.41) is 3.14. The van der Waals surface area contributed by atoms with Gasteiger partial charge in [-0.15, -0.1) is 0 Å². The van der Waals surface area contributed by atoms with Crippen molar-refractivity contribution in [3.63, 3.8) is 0 Å². The zero-order valence-corrected chi connectivity index (χ0v) is 12.8. The van der Waals surface area contributed by atoms with Gasteiger partial charge in [0.05, 0.1) is 16.6 Å². The van der Waals surface area contributed by atoms with Gasteiger partial charge in [0.25, 0.3) is 0 Å². The zero-order chi connectivity index (χ0) is 14.8. The van der Waals surface area contributed by atoms with Gasteiger partial charge in [-0.3, -0.25) is 0 Å². The molecule has 3 nitrogen and oxygen atoms in total. The molecule has 1 aromatic heterocycles. The Hall–Kier alpha value is -0.850. The third-order valence-electron chi connectivity index (χ3n) is 3.06. The molecule has 0 radical (unpaired) electrons. The Morgan fingerprint density at radius 1 is 1.30 bits per heavy atom. The summed E-state index contributed by atoms with van der Waals surface area (Å²) in [6.45, 7) is 2.76. The van der Waals surface area contributed by atoms with Crippen LogP contribution in [-0.2, 0) is 6.42 Å². The van der Waals surface area contributed by atoms with E-state index in [0.29, 0.717) is 11.7 Å². The van der Waals surface area contributed by atoms with Gasteiger partial charge in [0, 0.05) is 18.9 Å². The number of alkyl halides is 3. The van der Waals surface area contributed by atoms with Gasteiger partial charge in [0.1, 0.15) is 11.6 Å². The Kier molecular flexibility index (Phi) is 4.88. The Morgan fingerprint density at radius 2 is 2.00 bits per heavy atom. The van der Waals surface area contributed by atoms with Crippen LogP contribution < -0.4 is 5.32 Å². The molecular weight excluding hydrogens is 335 g/mol. The van der Waals surface area contributed by atoms with Crippen molar-refractivity contribution in [1.29, 1.82) is 0 Å². The lowest BCUT2D eigenvalue weighted by Gasteiger charge is -2.13. The maximum atomic E-state index is 12.3. The number of rotatable bonds is 6. The van der Waals surface area contributed by atoms with Crippen LogP contribution in [0.3, 0.4) is 0 Å². The fraction of sp³-hybridized carbons (Fsp3) is 0.692. The van der Waals surface area contributed by atoms with Crippen LogP contribution in [0.15, 0.2) is 4.47 Å². The molecule has 1 heterocycles. The molecule has 1 saturated carbocycles. The molecule has 0 amide bonds. The average molecular weight is 352 g/mol. The van der Waals surface area contributed by atoms with Gasteiger partial charge in [-0.1, -0.05) is 6.92 Å². The number of hydrogen-bond donors (Lipinski definition) is 1. The fourth-order valence-electron chi connectivity index (χ4n) is 1.87. The molecule has 20 heavy (non-hydrogen) atoms. The standard InChI is InChI=1S/C13H17BrF3N3/c1-2-7-18-12-10(14)11(8-3-4-8)19-9(20-12)5-6-13(15,16)17/h8H,2-7H2,1H3,(H,18,19,20). The minimum atomic E-state index is -4.17. The first-order chi connectivity index (χ1) is 9.40. The molecule has 1 fully saturated rings. The minimum Gasteiger partial charge on any atom is -0.369 e. The second-order valence-corrected chi connectivity index (χ2v) is 5.80. The van der Waals surface area contributed by atoms with Crippen molar-refractivity contribution in [2.45, 2.75) is 51.1 Å². The van der Waals surface area contributed by atoms with E-state index in [0.717, 1.165) is 36.0 Å². The Bertz CT molecular complexity index is 473. The number of anilines is 1. The Balaban J connectivity index is 2.20. The van der Waals surface area contributed by atoms with E-state index in [2.05, 4.69) is 31.2 Å². The van der Waals surface area contributed by atoms with E-state index in [1.807, 2.05) is 6.92 Å². The van der Waals surface area contributed by atoms with Crippen molar-refractivity contribution in [2.75, 3.05) is 11.9 Å². The Morgan fingerprint density at radius 3 is 2.55 bits per heavy atom. The maximum Gasteiger partial charge on any atom is 0.389 e. The largest absolute Gasteiger partial charge is 0.389 e. The Labute approximate surface area is 124 Å². The number of nitrogens with zero attached hydrogens (tertiary/aromatic N) is 2. The van der Waals surface area contributed by atoms with Crippen LogP contribution >= 0.6 is 15.9 Å². The minimum absolute atomic E-state index is 0.169. The summed E-state index contributed by atoms with van der Waals surface area (Å²) in [5.74, 6) is 1.24. The highest BCUT2D eigenvalue weighted by atomic mass is 79.9. The van der Waals surface area contributed by atoms with Crippen molar-refractivity contribution in [1.82, 2.24) is 9.97 Å². The van der Waals surface area contributed by atoms with Crippen LogP contribution in [0.1, 0.15) is 50.0 Å². The van der Waals surface area contributed by atoms with Gasteiger partial charge in [-0.05, 0) is 35.2 Å². The predicted octanol–water partition coefficient (Wildman–Crippen LogP) is 4.43. The molecule has 1 aromatic rings. The van der Waals surface area contributed by atoms with Gasteiger partial charge >= 0.3 is 6.18 Å². The highest BCUT2D eigenvalue weighted by Crippen LogP contribution is 2.43. The van der Waals surface area contributed by atoms with Crippen molar-refractivity contribution < 1.29 is 13.2 Å². The molecule has 0 spiro atoms. The van der Waals surface area contributed by atoms with Crippen LogP contribution in [0.4, 0.5) is 19.0 Å². The lowest BCUT2D eigenvalue weighted by molar-refractivity contribution is -0.134. The third kappa shape index (κ3) is 4.33. The zero-order valence-electron chi connectivity index (χ0n) is 11.2.